The predicted molar refractivity (Wildman–Crippen MR) is 81.0 cm³/mol. The van der Waals surface area contributed by atoms with Crippen LogP contribution in [0.25, 0.3) is 0 Å². The molecule has 2 rings (SSSR count). The van der Waals surface area contributed by atoms with Gasteiger partial charge in [-0.3, -0.25) is 12.2 Å². The fraction of sp³-hybridized carbons (Fsp3) is 0.500. The van der Waals surface area contributed by atoms with Crippen molar-refractivity contribution in [2.24, 2.45) is 0 Å². The van der Waals surface area contributed by atoms with E-state index in [1.54, 1.807) is 0 Å². The van der Waals surface area contributed by atoms with Crippen molar-refractivity contribution in [2.45, 2.75) is 51.4 Å². The third-order valence-corrected chi connectivity index (χ3v) is 2.49. The summed E-state index contributed by atoms with van der Waals surface area (Å²) in [6.45, 7) is 0. The van der Waals surface area contributed by atoms with Gasteiger partial charge in [-0.2, -0.15) is 12.8 Å². The van der Waals surface area contributed by atoms with Crippen molar-refractivity contribution in [2.75, 3.05) is 0 Å². The van der Waals surface area contributed by atoms with Crippen LogP contribution in [-0.2, 0) is 19.5 Å². The molecule has 0 saturated heterocycles. The Labute approximate surface area is 144 Å². The molecule has 1 radical (unpaired) electrons. The van der Waals surface area contributed by atoms with Crippen LogP contribution in [0, 0.1) is 12.2 Å². The van der Waals surface area contributed by atoms with Crippen molar-refractivity contribution in [1.82, 2.24) is 0 Å². The van der Waals surface area contributed by atoms with Gasteiger partial charge in [0.2, 0.25) is 0 Å². The van der Waals surface area contributed by atoms with Crippen molar-refractivity contribution in [3.63, 3.8) is 0 Å². The summed E-state index contributed by atoms with van der Waals surface area (Å²) in [4.78, 5) is 0. The Hall–Kier alpha value is -0.632. The van der Waals surface area contributed by atoms with Crippen LogP contribution >= 0.6 is 0 Å². The Balaban J connectivity index is 0. The zero-order chi connectivity index (χ0) is 15.8. The largest absolute Gasteiger partial charge is 0.673 e. The maximum Gasteiger partial charge on any atom is 0.673 e. The van der Waals surface area contributed by atoms with Crippen molar-refractivity contribution in [1.29, 1.82) is 0 Å². The van der Waals surface area contributed by atoms with Crippen LogP contribution in [0.2, 0.25) is 0 Å². The maximum atomic E-state index is 9.75. The Morgan fingerprint density at radius 2 is 0.909 bits per heavy atom. The number of halogens is 4. The molecule has 0 heterocycles. The average Bonchev–Trinajstić information content (AvgIpc) is 2.24. The van der Waals surface area contributed by atoms with Crippen LogP contribution < -0.4 is 0 Å². The Bertz CT molecular complexity index is 261. The molecule has 0 amide bonds. The fourth-order valence-corrected chi connectivity index (χ4v) is 1.57. The Morgan fingerprint density at radius 1 is 0.591 bits per heavy atom. The minimum atomic E-state index is -6.00. The van der Waals surface area contributed by atoms with Crippen LogP contribution in [0.4, 0.5) is 17.3 Å². The summed E-state index contributed by atoms with van der Waals surface area (Å²) < 4.78 is 39.0. The van der Waals surface area contributed by atoms with Gasteiger partial charge in [0.05, 0.1) is 0 Å². The number of allylic oxidation sites excluding steroid dienone is 8. The summed E-state index contributed by atoms with van der Waals surface area (Å²) in [5, 5.41) is 0. The third kappa shape index (κ3) is 27.7. The molecule has 0 aromatic rings. The van der Waals surface area contributed by atoms with Gasteiger partial charge in [-0.05, 0) is 12.8 Å². The molecule has 2 aliphatic rings. The zero-order valence-corrected chi connectivity index (χ0v) is 14.2. The van der Waals surface area contributed by atoms with Crippen LogP contribution in [0.3, 0.4) is 0 Å². The van der Waals surface area contributed by atoms with Crippen molar-refractivity contribution in [3.8, 4) is 0 Å². The molecule has 0 fully saturated rings. The fourth-order valence-electron chi connectivity index (χ4n) is 1.57. The smallest absolute Gasteiger partial charge is 0.500 e. The van der Waals surface area contributed by atoms with Gasteiger partial charge >= 0.3 is 7.25 Å². The molecule has 0 N–H and O–H groups in total. The quantitative estimate of drug-likeness (QED) is 0.194. The van der Waals surface area contributed by atoms with Crippen LogP contribution in [-0.4, -0.2) is 7.25 Å². The second-order valence-corrected chi connectivity index (χ2v) is 4.49. The number of hydrogen-bond donors (Lipinski definition) is 0. The van der Waals surface area contributed by atoms with Crippen LogP contribution in [0.15, 0.2) is 36.5 Å². The predicted octanol–water partition coefficient (Wildman–Crippen LogP) is 6.25. The second-order valence-electron chi connectivity index (χ2n) is 4.49. The summed E-state index contributed by atoms with van der Waals surface area (Å²) in [5.41, 5.74) is 0. The van der Waals surface area contributed by atoms with Gasteiger partial charge in [-0.25, -0.2) is 0 Å². The number of rotatable bonds is 0. The molecular weight excluding hydrogens is 382 g/mol. The monoisotopic (exact) mass is 404 g/mol. The standard InChI is InChI=1S/2C8H11.BF4.Rh/c2*1-2-4-6-8-7-5-3-1;2-1(3,4)5;/h2*1-2,7H,3-6H2;;/q3*-1;. The minimum absolute atomic E-state index is 0. The summed E-state index contributed by atoms with van der Waals surface area (Å²) in [6, 6.07) is 0. The molecule has 0 spiro atoms. The van der Waals surface area contributed by atoms with Crippen molar-refractivity contribution >= 4 is 7.25 Å². The van der Waals surface area contributed by atoms with E-state index in [1.165, 1.54) is 38.5 Å². The van der Waals surface area contributed by atoms with E-state index >= 15 is 0 Å². The normalized spacial score (nSPS) is 17.3. The first kappa shape index (κ1) is 23.6. The molecule has 2 aliphatic carbocycles. The maximum absolute atomic E-state index is 9.75. The van der Waals surface area contributed by atoms with Gasteiger partial charge in [0.15, 0.2) is 0 Å². The number of hydrogen-bond acceptors (Lipinski definition) is 0. The second kappa shape index (κ2) is 16.7. The van der Waals surface area contributed by atoms with Gasteiger partial charge < -0.3 is 29.4 Å². The molecule has 0 nitrogen and oxygen atoms in total. The summed E-state index contributed by atoms with van der Waals surface area (Å²) in [7, 11) is -6.00. The van der Waals surface area contributed by atoms with Gasteiger partial charge in [0, 0.05) is 19.5 Å². The van der Waals surface area contributed by atoms with E-state index in [9.17, 15) is 17.3 Å². The van der Waals surface area contributed by atoms with E-state index in [0.29, 0.717) is 0 Å². The van der Waals surface area contributed by atoms with E-state index in [4.69, 9.17) is 0 Å². The van der Waals surface area contributed by atoms with E-state index in [-0.39, 0.29) is 19.5 Å². The Morgan fingerprint density at radius 3 is 1.27 bits per heavy atom. The van der Waals surface area contributed by atoms with Crippen LogP contribution in [0.1, 0.15) is 51.4 Å². The molecule has 0 bridgehead atoms. The van der Waals surface area contributed by atoms with Gasteiger partial charge in [-0.1, -0.05) is 50.0 Å². The molecule has 0 saturated carbocycles. The summed E-state index contributed by atoms with van der Waals surface area (Å²) in [5.74, 6) is 0. The Kier molecular flexibility index (Phi) is 18.0. The molecule has 22 heavy (non-hydrogen) atoms. The first-order valence-corrected chi connectivity index (χ1v) is 7.27. The van der Waals surface area contributed by atoms with Gasteiger partial charge in [0.1, 0.15) is 0 Å². The van der Waals surface area contributed by atoms with Crippen molar-refractivity contribution < 1.29 is 36.7 Å². The minimum Gasteiger partial charge on any atom is -0.500 e. The molecule has 0 aromatic heterocycles. The molecule has 6 heteroatoms. The molecule has 0 unspecified atom stereocenters. The summed E-state index contributed by atoms with van der Waals surface area (Å²) in [6.07, 6.45) is 29.0. The molecular formula is C16H22BF4Rh-3. The molecule has 0 aromatic carbocycles. The zero-order valence-electron chi connectivity index (χ0n) is 12.5. The first-order valence-electron chi connectivity index (χ1n) is 7.27. The summed E-state index contributed by atoms with van der Waals surface area (Å²) >= 11 is 0. The van der Waals surface area contributed by atoms with Gasteiger partial charge in [-0.15, -0.1) is 0 Å². The van der Waals surface area contributed by atoms with E-state index in [0.717, 1.165) is 12.8 Å². The van der Waals surface area contributed by atoms with E-state index in [2.05, 4.69) is 48.6 Å². The topological polar surface area (TPSA) is 0 Å². The molecule has 129 valence electrons. The van der Waals surface area contributed by atoms with Crippen molar-refractivity contribution in [3.05, 3.63) is 48.6 Å². The average molecular weight is 404 g/mol. The van der Waals surface area contributed by atoms with Crippen LogP contribution in [0.5, 0.6) is 0 Å². The molecule has 0 aliphatic heterocycles. The van der Waals surface area contributed by atoms with E-state index in [1.807, 2.05) is 0 Å². The molecule has 0 atom stereocenters. The third-order valence-electron chi connectivity index (χ3n) is 2.49. The van der Waals surface area contributed by atoms with Gasteiger partial charge in [0.25, 0.3) is 0 Å². The van der Waals surface area contributed by atoms with E-state index < -0.39 is 7.25 Å². The SMILES string of the molecule is F[B-](F)(F)F.[C-]1=CCCC=CCC1.[C-]1=CCCC=CCC1.[Rh]. The first-order chi connectivity index (χ1) is 10.0.